The number of nitrogens with one attached hydrogen (secondary N) is 1. The molecule has 0 radical (unpaired) electrons. The van der Waals surface area contributed by atoms with E-state index in [2.05, 4.69) is 16.0 Å². The first-order valence-corrected chi connectivity index (χ1v) is 6.25. The van der Waals surface area contributed by atoms with E-state index in [1.807, 2.05) is 20.9 Å². The van der Waals surface area contributed by atoms with Gasteiger partial charge in [0.2, 0.25) is 0 Å². The molecule has 2 rings (SSSR count). The molecule has 0 fully saturated rings. The van der Waals surface area contributed by atoms with Gasteiger partial charge in [-0.2, -0.15) is 0 Å². The van der Waals surface area contributed by atoms with Gasteiger partial charge in [0.25, 0.3) is 0 Å². The molecular formula is C15H18F2N2. The van der Waals surface area contributed by atoms with Crippen molar-refractivity contribution in [2.75, 3.05) is 0 Å². The van der Waals surface area contributed by atoms with Gasteiger partial charge in [-0.05, 0) is 43.7 Å². The molecule has 1 N–H and O–H groups in total. The Morgan fingerprint density at radius 3 is 2.37 bits per heavy atom. The summed E-state index contributed by atoms with van der Waals surface area (Å²) in [6.07, 6.45) is 0. The fourth-order valence-electron chi connectivity index (χ4n) is 2.12. The molecule has 1 aromatic carbocycles. The number of rotatable bonds is 4. The Morgan fingerprint density at radius 1 is 1.05 bits per heavy atom. The van der Waals surface area contributed by atoms with E-state index in [-0.39, 0.29) is 5.82 Å². The summed E-state index contributed by atoms with van der Waals surface area (Å²) < 4.78 is 28.6. The molecule has 0 saturated heterocycles. The van der Waals surface area contributed by atoms with Crippen LogP contribution in [0.15, 0.2) is 24.3 Å². The molecule has 19 heavy (non-hydrogen) atoms. The minimum atomic E-state index is -0.412. The van der Waals surface area contributed by atoms with Crippen LogP contribution < -0.4 is 5.32 Å². The molecule has 1 heterocycles. The van der Waals surface area contributed by atoms with Crippen molar-refractivity contribution in [2.24, 2.45) is 7.05 Å². The quantitative estimate of drug-likeness (QED) is 0.897. The lowest BCUT2D eigenvalue weighted by Gasteiger charge is -2.07. The van der Waals surface area contributed by atoms with Crippen LogP contribution in [0.1, 0.15) is 22.5 Å². The summed E-state index contributed by atoms with van der Waals surface area (Å²) >= 11 is 0. The van der Waals surface area contributed by atoms with E-state index in [1.54, 1.807) is 0 Å². The smallest absolute Gasteiger partial charge is 0.127 e. The van der Waals surface area contributed by atoms with Crippen molar-refractivity contribution in [3.63, 3.8) is 0 Å². The molecule has 0 amide bonds. The molecule has 0 atom stereocenters. The summed E-state index contributed by atoms with van der Waals surface area (Å²) in [6, 6.07) is 5.61. The van der Waals surface area contributed by atoms with Gasteiger partial charge in [-0.25, -0.2) is 8.78 Å². The molecule has 0 spiro atoms. The highest BCUT2D eigenvalue weighted by Gasteiger charge is 2.07. The van der Waals surface area contributed by atoms with Gasteiger partial charge in [0.15, 0.2) is 0 Å². The Labute approximate surface area is 112 Å². The van der Waals surface area contributed by atoms with Crippen molar-refractivity contribution in [1.82, 2.24) is 9.88 Å². The van der Waals surface area contributed by atoms with E-state index in [0.29, 0.717) is 18.7 Å². The zero-order chi connectivity index (χ0) is 14.0. The Hall–Kier alpha value is -1.68. The predicted octanol–water partition coefficient (Wildman–Crippen LogP) is 3.21. The van der Waals surface area contributed by atoms with Crippen LogP contribution in [-0.4, -0.2) is 4.57 Å². The highest BCUT2D eigenvalue weighted by molar-refractivity contribution is 5.26. The second-order valence-corrected chi connectivity index (χ2v) is 4.79. The molecule has 1 aromatic heterocycles. The Kier molecular flexibility index (Phi) is 4.00. The number of benzene rings is 1. The topological polar surface area (TPSA) is 17.0 Å². The lowest BCUT2D eigenvalue weighted by molar-refractivity contribution is 0.568. The van der Waals surface area contributed by atoms with Gasteiger partial charge in [0, 0.05) is 37.1 Å². The third kappa shape index (κ3) is 3.01. The van der Waals surface area contributed by atoms with Gasteiger partial charge >= 0.3 is 0 Å². The van der Waals surface area contributed by atoms with Crippen molar-refractivity contribution in [3.05, 3.63) is 58.4 Å². The Bertz CT molecular complexity index is 588. The minimum absolute atomic E-state index is 0.316. The molecule has 2 nitrogen and oxygen atoms in total. The SMILES string of the molecule is Cc1cc(CNCc2cc(F)ccc2F)c(C)n1C. The standard InChI is InChI=1S/C15H18F2N2/c1-10-6-12(11(2)19(10)3)8-18-9-13-7-14(16)4-5-15(13)17/h4-7,18H,8-9H2,1-3H3. The van der Waals surface area contributed by atoms with Gasteiger partial charge in [-0.3, -0.25) is 0 Å². The van der Waals surface area contributed by atoms with Gasteiger partial charge in [0.05, 0.1) is 0 Å². The summed E-state index contributed by atoms with van der Waals surface area (Å²) in [5, 5.41) is 3.15. The average molecular weight is 264 g/mol. The Morgan fingerprint density at radius 2 is 1.74 bits per heavy atom. The van der Waals surface area contributed by atoms with Crippen LogP contribution in [0.4, 0.5) is 8.78 Å². The molecule has 2 aromatic rings. The lowest BCUT2D eigenvalue weighted by Crippen LogP contribution is -2.14. The fourth-order valence-corrected chi connectivity index (χ4v) is 2.12. The van der Waals surface area contributed by atoms with E-state index in [9.17, 15) is 8.78 Å². The van der Waals surface area contributed by atoms with E-state index < -0.39 is 5.82 Å². The first-order valence-electron chi connectivity index (χ1n) is 6.25. The molecule has 0 unspecified atom stereocenters. The van der Waals surface area contributed by atoms with Gasteiger partial charge in [0.1, 0.15) is 11.6 Å². The van der Waals surface area contributed by atoms with Crippen molar-refractivity contribution in [1.29, 1.82) is 0 Å². The summed E-state index contributed by atoms with van der Waals surface area (Å²) in [5.41, 5.74) is 3.90. The van der Waals surface area contributed by atoms with Crippen molar-refractivity contribution in [3.8, 4) is 0 Å². The zero-order valence-corrected chi connectivity index (χ0v) is 11.4. The van der Waals surface area contributed by atoms with Crippen LogP contribution in [0, 0.1) is 25.5 Å². The van der Waals surface area contributed by atoms with Gasteiger partial charge in [-0.15, -0.1) is 0 Å². The third-order valence-electron chi connectivity index (χ3n) is 3.52. The molecular weight excluding hydrogens is 246 g/mol. The number of nitrogens with zero attached hydrogens (tertiary/aromatic N) is 1. The molecule has 102 valence electrons. The van der Waals surface area contributed by atoms with Gasteiger partial charge in [-0.1, -0.05) is 0 Å². The lowest BCUT2D eigenvalue weighted by atomic mass is 10.2. The second-order valence-electron chi connectivity index (χ2n) is 4.79. The van der Waals surface area contributed by atoms with Crippen LogP contribution in [0.25, 0.3) is 0 Å². The van der Waals surface area contributed by atoms with Crippen molar-refractivity contribution < 1.29 is 8.78 Å². The van der Waals surface area contributed by atoms with Crippen LogP contribution in [0.3, 0.4) is 0 Å². The highest BCUT2D eigenvalue weighted by atomic mass is 19.1. The van der Waals surface area contributed by atoms with Crippen LogP contribution >= 0.6 is 0 Å². The monoisotopic (exact) mass is 264 g/mol. The summed E-state index contributed by atoms with van der Waals surface area (Å²) in [4.78, 5) is 0. The molecule has 0 bridgehead atoms. The van der Waals surface area contributed by atoms with E-state index in [4.69, 9.17) is 0 Å². The van der Waals surface area contributed by atoms with Crippen LogP contribution in [0.2, 0.25) is 0 Å². The maximum atomic E-state index is 13.4. The van der Waals surface area contributed by atoms with Crippen molar-refractivity contribution >= 4 is 0 Å². The highest BCUT2D eigenvalue weighted by Crippen LogP contribution is 2.14. The van der Waals surface area contributed by atoms with Crippen LogP contribution in [0.5, 0.6) is 0 Å². The molecule has 0 aliphatic rings. The maximum Gasteiger partial charge on any atom is 0.127 e. The summed E-state index contributed by atoms with van der Waals surface area (Å²) in [7, 11) is 2.01. The van der Waals surface area contributed by atoms with E-state index in [0.717, 1.165) is 12.1 Å². The average Bonchev–Trinajstić information content (AvgIpc) is 2.61. The van der Waals surface area contributed by atoms with E-state index >= 15 is 0 Å². The molecule has 0 aliphatic carbocycles. The van der Waals surface area contributed by atoms with Crippen molar-refractivity contribution in [2.45, 2.75) is 26.9 Å². The van der Waals surface area contributed by atoms with Crippen LogP contribution in [-0.2, 0) is 20.1 Å². The normalized spacial score (nSPS) is 11.0. The Balaban J connectivity index is 2.00. The third-order valence-corrected chi connectivity index (χ3v) is 3.52. The summed E-state index contributed by atoms with van der Waals surface area (Å²) in [5.74, 6) is -0.792. The number of aromatic nitrogens is 1. The first-order chi connectivity index (χ1) is 8.99. The minimum Gasteiger partial charge on any atom is -0.352 e. The number of aryl methyl sites for hydroxylation is 1. The summed E-state index contributed by atoms with van der Waals surface area (Å²) in [6.45, 7) is 5.05. The number of hydrogen-bond acceptors (Lipinski definition) is 1. The molecule has 4 heteroatoms. The molecule has 0 aliphatic heterocycles. The van der Waals surface area contributed by atoms with Gasteiger partial charge < -0.3 is 9.88 Å². The fraction of sp³-hybridized carbons (Fsp3) is 0.333. The zero-order valence-electron chi connectivity index (χ0n) is 11.4. The first kappa shape index (κ1) is 13.7. The van der Waals surface area contributed by atoms with E-state index in [1.165, 1.54) is 23.0 Å². The largest absolute Gasteiger partial charge is 0.352 e. The second kappa shape index (κ2) is 5.53. The maximum absolute atomic E-state index is 13.4. The number of hydrogen-bond donors (Lipinski definition) is 1. The number of halogens is 2. The molecule has 0 saturated carbocycles. The predicted molar refractivity (Wildman–Crippen MR) is 71.8 cm³/mol.